The van der Waals surface area contributed by atoms with E-state index in [-0.39, 0.29) is 18.0 Å². The summed E-state index contributed by atoms with van der Waals surface area (Å²) >= 11 is 0. The van der Waals surface area contributed by atoms with E-state index in [1.165, 1.54) is 23.6 Å². The molecule has 140 valence electrons. The number of benzene rings is 2. The standard InChI is InChI=1S/C19H17NO7/c1-11-3-5-15-14(7-11)20(19(24)27-15)9-13-4-6-16(25-10-18(22)23)17(8-13)26-12(2)21/h3-8H,9-10H2,1-2H3,(H,22,23). The van der Waals surface area contributed by atoms with Crippen molar-refractivity contribution in [1.82, 2.24) is 4.57 Å². The molecule has 0 unspecified atom stereocenters. The Morgan fingerprint density at radius 3 is 2.63 bits per heavy atom. The monoisotopic (exact) mass is 371 g/mol. The van der Waals surface area contributed by atoms with Gasteiger partial charge in [0.25, 0.3) is 0 Å². The number of aliphatic carboxylic acids is 1. The molecule has 0 saturated heterocycles. The van der Waals surface area contributed by atoms with Crippen molar-refractivity contribution < 1.29 is 28.6 Å². The zero-order valence-electron chi connectivity index (χ0n) is 14.7. The number of carboxylic acid groups (broad SMARTS) is 1. The summed E-state index contributed by atoms with van der Waals surface area (Å²) in [4.78, 5) is 34.2. The van der Waals surface area contributed by atoms with Gasteiger partial charge in [-0.25, -0.2) is 9.59 Å². The first-order valence-electron chi connectivity index (χ1n) is 8.09. The molecule has 0 aliphatic heterocycles. The third-order valence-electron chi connectivity index (χ3n) is 3.78. The summed E-state index contributed by atoms with van der Waals surface area (Å²) in [6.45, 7) is 2.75. The van der Waals surface area contributed by atoms with Gasteiger partial charge in [0.2, 0.25) is 0 Å². The topological polar surface area (TPSA) is 108 Å². The lowest BCUT2D eigenvalue weighted by molar-refractivity contribution is -0.139. The second kappa shape index (κ2) is 7.36. The van der Waals surface area contributed by atoms with Gasteiger partial charge in [-0.05, 0) is 42.3 Å². The number of aryl methyl sites for hydroxylation is 1. The number of aromatic nitrogens is 1. The van der Waals surface area contributed by atoms with E-state index in [1.807, 2.05) is 19.1 Å². The van der Waals surface area contributed by atoms with Gasteiger partial charge >= 0.3 is 17.7 Å². The van der Waals surface area contributed by atoms with E-state index in [9.17, 15) is 14.4 Å². The van der Waals surface area contributed by atoms with Crippen LogP contribution >= 0.6 is 0 Å². The molecule has 2 aromatic carbocycles. The fourth-order valence-corrected chi connectivity index (χ4v) is 2.65. The molecular formula is C19H17NO7. The summed E-state index contributed by atoms with van der Waals surface area (Å²) in [5.74, 6) is -2.03. The largest absolute Gasteiger partial charge is 0.479 e. The number of ether oxygens (including phenoxy) is 2. The minimum Gasteiger partial charge on any atom is -0.479 e. The zero-order valence-corrected chi connectivity index (χ0v) is 14.7. The Morgan fingerprint density at radius 1 is 1.15 bits per heavy atom. The molecule has 1 heterocycles. The van der Waals surface area contributed by atoms with Crippen LogP contribution in [0.15, 0.2) is 45.6 Å². The lowest BCUT2D eigenvalue weighted by atomic mass is 10.2. The number of oxazole rings is 1. The highest BCUT2D eigenvalue weighted by molar-refractivity contribution is 5.74. The van der Waals surface area contributed by atoms with Crippen molar-refractivity contribution in [3.63, 3.8) is 0 Å². The Hall–Kier alpha value is -3.55. The summed E-state index contributed by atoms with van der Waals surface area (Å²) in [5.41, 5.74) is 2.77. The first-order valence-corrected chi connectivity index (χ1v) is 8.09. The molecule has 8 nitrogen and oxygen atoms in total. The Morgan fingerprint density at radius 2 is 1.93 bits per heavy atom. The molecule has 0 spiro atoms. The molecule has 1 aromatic heterocycles. The molecule has 1 N–H and O–H groups in total. The number of nitrogens with zero attached hydrogens (tertiary/aromatic N) is 1. The second-order valence-corrected chi connectivity index (χ2v) is 5.98. The maximum absolute atomic E-state index is 12.2. The van der Waals surface area contributed by atoms with Crippen LogP contribution in [0, 0.1) is 6.92 Å². The number of esters is 1. The molecule has 0 fully saturated rings. The number of fused-ring (bicyclic) bond motifs is 1. The van der Waals surface area contributed by atoms with Gasteiger partial charge in [-0.2, -0.15) is 0 Å². The van der Waals surface area contributed by atoms with Crippen LogP contribution in [0.5, 0.6) is 11.5 Å². The summed E-state index contributed by atoms with van der Waals surface area (Å²) < 4.78 is 16.9. The van der Waals surface area contributed by atoms with Crippen LogP contribution in [0.3, 0.4) is 0 Å². The number of hydrogen-bond acceptors (Lipinski definition) is 6. The van der Waals surface area contributed by atoms with Gasteiger partial charge in [0, 0.05) is 6.92 Å². The quantitative estimate of drug-likeness (QED) is 0.523. The predicted molar refractivity (Wildman–Crippen MR) is 95.2 cm³/mol. The van der Waals surface area contributed by atoms with E-state index < -0.39 is 24.3 Å². The molecule has 0 radical (unpaired) electrons. The van der Waals surface area contributed by atoms with E-state index in [2.05, 4.69) is 0 Å². The van der Waals surface area contributed by atoms with E-state index >= 15 is 0 Å². The fraction of sp³-hybridized carbons (Fsp3) is 0.211. The molecular weight excluding hydrogens is 354 g/mol. The van der Waals surface area contributed by atoms with Crippen molar-refractivity contribution in [2.45, 2.75) is 20.4 Å². The van der Waals surface area contributed by atoms with Crippen LogP contribution in [-0.4, -0.2) is 28.2 Å². The molecule has 0 bridgehead atoms. The van der Waals surface area contributed by atoms with Crippen molar-refractivity contribution in [3.8, 4) is 11.5 Å². The van der Waals surface area contributed by atoms with E-state index in [0.717, 1.165) is 5.56 Å². The number of carbonyl (C=O) groups is 2. The normalized spacial score (nSPS) is 10.7. The molecule has 0 amide bonds. The third-order valence-corrected chi connectivity index (χ3v) is 3.78. The van der Waals surface area contributed by atoms with Crippen LogP contribution in [0.2, 0.25) is 0 Å². The minimum absolute atomic E-state index is 0.0817. The Bertz CT molecular complexity index is 1080. The van der Waals surface area contributed by atoms with Gasteiger partial charge in [0.1, 0.15) is 0 Å². The molecule has 0 atom stereocenters. The highest BCUT2D eigenvalue weighted by Crippen LogP contribution is 2.29. The minimum atomic E-state index is -1.15. The van der Waals surface area contributed by atoms with Crippen molar-refractivity contribution >= 4 is 23.0 Å². The lowest BCUT2D eigenvalue weighted by Crippen LogP contribution is -2.15. The van der Waals surface area contributed by atoms with Crippen molar-refractivity contribution in [1.29, 1.82) is 0 Å². The Balaban J connectivity index is 1.96. The Kier molecular flexibility index (Phi) is 4.98. The van der Waals surface area contributed by atoms with Crippen molar-refractivity contribution in [2.75, 3.05) is 6.61 Å². The molecule has 0 aliphatic carbocycles. The van der Waals surface area contributed by atoms with Crippen molar-refractivity contribution in [2.24, 2.45) is 0 Å². The van der Waals surface area contributed by atoms with Crippen LogP contribution in [0.25, 0.3) is 11.1 Å². The smallest absolute Gasteiger partial charge is 0.420 e. The van der Waals surface area contributed by atoms with Gasteiger partial charge in [-0.1, -0.05) is 12.1 Å². The second-order valence-electron chi connectivity index (χ2n) is 5.98. The maximum atomic E-state index is 12.2. The first-order chi connectivity index (χ1) is 12.8. The van der Waals surface area contributed by atoms with Crippen LogP contribution in [0.1, 0.15) is 18.1 Å². The van der Waals surface area contributed by atoms with Gasteiger partial charge in [0.05, 0.1) is 12.1 Å². The van der Waals surface area contributed by atoms with Crippen LogP contribution in [-0.2, 0) is 16.1 Å². The van der Waals surface area contributed by atoms with Crippen molar-refractivity contribution in [3.05, 3.63) is 58.1 Å². The molecule has 8 heteroatoms. The number of carboxylic acids is 1. The van der Waals surface area contributed by atoms with E-state index in [0.29, 0.717) is 16.7 Å². The van der Waals surface area contributed by atoms with E-state index in [1.54, 1.807) is 12.1 Å². The molecule has 3 rings (SSSR count). The zero-order chi connectivity index (χ0) is 19.6. The molecule has 0 saturated carbocycles. The number of hydrogen-bond donors (Lipinski definition) is 1. The number of rotatable bonds is 6. The summed E-state index contributed by atoms with van der Waals surface area (Å²) in [5, 5.41) is 8.75. The number of carbonyl (C=O) groups excluding carboxylic acids is 1. The average Bonchev–Trinajstić information content (AvgIpc) is 2.89. The Labute approximate surface area is 153 Å². The van der Waals surface area contributed by atoms with Gasteiger partial charge in [-0.15, -0.1) is 0 Å². The molecule has 0 aliphatic rings. The van der Waals surface area contributed by atoms with Crippen LogP contribution < -0.4 is 15.2 Å². The summed E-state index contributed by atoms with van der Waals surface area (Å²) in [6.07, 6.45) is 0. The highest BCUT2D eigenvalue weighted by atomic mass is 16.6. The van der Waals surface area contributed by atoms with Gasteiger partial charge in [-0.3, -0.25) is 9.36 Å². The summed E-state index contributed by atoms with van der Waals surface area (Å²) in [6, 6.07) is 10.1. The lowest BCUT2D eigenvalue weighted by Gasteiger charge is -2.11. The van der Waals surface area contributed by atoms with Gasteiger partial charge in [0.15, 0.2) is 23.7 Å². The fourth-order valence-electron chi connectivity index (χ4n) is 2.65. The van der Waals surface area contributed by atoms with Crippen LogP contribution in [0.4, 0.5) is 0 Å². The predicted octanol–water partition coefficient (Wildman–Crippen LogP) is 2.34. The maximum Gasteiger partial charge on any atom is 0.420 e. The SMILES string of the molecule is CC(=O)Oc1cc(Cn2c(=O)oc3ccc(C)cc32)ccc1OCC(=O)O. The summed E-state index contributed by atoms with van der Waals surface area (Å²) in [7, 11) is 0. The van der Waals surface area contributed by atoms with E-state index in [4.69, 9.17) is 19.0 Å². The highest BCUT2D eigenvalue weighted by Gasteiger charge is 2.14. The molecule has 3 aromatic rings. The average molecular weight is 371 g/mol. The first kappa shape index (κ1) is 18.2. The molecule has 27 heavy (non-hydrogen) atoms. The third kappa shape index (κ3) is 4.17. The van der Waals surface area contributed by atoms with Gasteiger partial charge < -0.3 is 19.0 Å².